The van der Waals surface area contributed by atoms with Gasteiger partial charge in [-0.05, 0) is 17.2 Å². The third kappa shape index (κ3) is 1.26. The first kappa shape index (κ1) is 8.41. The van der Waals surface area contributed by atoms with Crippen molar-refractivity contribution in [2.45, 2.75) is 19.1 Å². The lowest BCUT2D eigenvalue weighted by Gasteiger charge is -2.03. The molecule has 3 heteroatoms. The normalized spacial score (nSPS) is 20.5. The van der Waals surface area contributed by atoms with Gasteiger partial charge in [-0.2, -0.15) is 0 Å². The largest absolute Gasteiger partial charge is 0.392 e. The molecule has 0 heterocycles. The van der Waals surface area contributed by atoms with Crippen molar-refractivity contribution in [3.8, 4) is 0 Å². The van der Waals surface area contributed by atoms with Crippen molar-refractivity contribution in [2.24, 2.45) is 5.73 Å². The number of hydrogen-bond donors (Lipinski definition) is 2. The van der Waals surface area contributed by atoms with Crippen LogP contribution in [0.3, 0.4) is 0 Å². The van der Waals surface area contributed by atoms with Crippen molar-refractivity contribution in [1.82, 2.24) is 0 Å². The first-order chi connectivity index (χ1) is 6.22. The molecule has 1 aliphatic rings. The van der Waals surface area contributed by atoms with Crippen LogP contribution in [0.1, 0.15) is 33.9 Å². The Morgan fingerprint density at radius 1 is 1.54 bits per heavy atom. The Morgan fingerprint density at radius 3 is 3.00 bits per heavy atom. The molecule has 0 amide bonds. The van der Waals surface area contributed by atoms with E-state index in [1.807, 2.05) is 6.07 Å². The molecule has 0 saturated heterocycles. The van der Waals surface area contributed by atoms with Crippen molar-refractivity contribution in [3.05, 3.63) is 34.9 Å². The van der Waals surface area contributed by atoms with Crippen molar-refractivity contribution < 1.29 is 9.90 Å². The van der Waals surface area contributed by atoms with E-state index in [-0.39, 0.29) is 18.4 Å². The van der Waals surface area contributed by atoms with Crippen LogP contribution in [0.5, 0.6) is 0 Å². The number of hydrogen-bond acceptors (Lipinski definition) is 3. The predicted molar refractivity (Wildman–Crippen MR) is 48.2 cm³/mol. The molecule has 0 aromatic heterocycles. The number of nitrogens with two attached hydrogens (primary N) is 1. The average Bonchev–Trinajstić information content (AvgIpc) is 2.42. The van der Waals surface area contributed by atoms with Gasteiger partial charge in [0.25, 0.3) is 0 Å². The molecule has 1 atom stereocenters. The summed E-state index contributed by atoms with van der Waals surface area (Å²) in [7, 11) is 0. The minimum atomic E-state index is -0.157. The minimum Gasteiger partial charge on any atom is -0.392 e. The van der Waals surface area contributed by atoms with Crippen LogP contribution < -0.4 is 5.73 Å². The summed E-state index contributed by atoms with van der Waals surface area (Å²) < 4.78 is 0. The van der Waals surface area contributed by atoms with Crippen molar-refractivity contribution >= 4 is 5.78 Å². The van der Waals surface area contributed by atoms with Crippen LogP contribution in [-0.4, -0.2) is 10.9 Å². The highest BCUT2D eigenvalue weighted by Crippen LogP contribution is 2.29. The van der Waals surface area contributed by atoms with Gasteiger partial charge in [0.15, 0.2) is 5.78 Å². The Bertz CT molecular complexity index is 360. The van der Waals surface area contributed by atoms with Crippen LogP contribution in [0, 0.1) is 0 Å². The number of ketones is 1. The van der Waals surface area contributed by atoms with E-state index in [9.17, 15) is 4.79 Å². The zero-order chi connectivity index (χ0) is 9.42. The van der Waals surface area contributed by atoms with Crippen LogP contribution in [0.15, 0.2) is 18.2 Å². The molecule has 0 aliphatic heterocycles. The number of carbonyl (C=O) groups is 1. The first-order valence-corrected chi connectivity index (χ1v) is 4.25. The molecule has 0 unspecified atom stereocenters. The molecule has 0 bridgehead atoms. The van der Waals surface area contributed by atoms with Crippen LogP contribution >= 0.6 is 0 Å². The number of carbonyl (C=O) groups excluding carboxylic acids is 1. The highest BCUT2D eigenvalue weighted by atomic mass is 16.3. The van der Waals surface area contributed by atoms with Gasteiger partial charge in [0.1, 0.15) is 0 Å². The summed E-state index contributed by atoms with van der Waals surface area (Å²) in [5.41, 5.74) is 8.09. The molecule has 13 heavy (non-hydrogen) atoms. The Balaban J connectivity index is 2.52. The fraction of sp³-hybridized carbons (Fsp3) is 0.300. The first-order valence-electron chi connectivity index (χ1n) is 4.25. The second-order valence-corrected chi connectivity index (χ2v) is 3.31. The molecule has 0 fully saturated rings. The molecule has 0 radical (unpaired) electrons. The monoisotopic (exact) mass is 177 g/mol. The predicted octanol–water partition coefficient (Wildman–Crippen LogP) is 0.765. The lowest BCUT2D eigenvalue weighted by Crippen LogP contribution is -2.05. The van der Waals surface area contributed by atoms with Gasteiger partial charge < -0.3 is 10.8 Å². The molecule has 0 spiro atoms. The zero-order valence-electron chi connectivity index (χ0n) is 7.16. The molecular formula is C10H11NO2. The summed E-state index contributed by atoms with van der Waals surface area (Å²) in [6.45, 7) is -0.0319. The fourth-order valence-electron chi connectivity index (χ4n) is 1.69. The highest BCUT2D eigenvalue weighted by Gasteiger charge is 2.26. The molecule has 1 aromatic carbocycles. The Morgan fingerprint density at radius 2 is 2.31 bits per heavy atom. The van der Waals surface area contributed by atoms with Crippen molar-refractivity contribution in [1.29, 1.82) is 0 Å². The number of aliphatic hydroxyl groups is 1. The van der Waals surface area contributed by atoms with Crippen LogP contribution in [0.25, 0.3) is 0 Å². The van der Waals surface area contributed by atoms with E-state index in [2.05, 4.69) is 0 Å². The maximum Gasteiger partial charge on any atom is 0.165 e. The lowest BCUT2D eigenvalue weighted by molar-refractivity contribution is 0.0989. The average molecular weight is 177 g/mol. The SMILES string of the molecule is N[C@@H]1CC(=O)c2cc(CO)ccc21. The summed E-state index contributed by atoms with van der Waals surface area (Å²) in [4.78, 5) is 11.4. The van der Waals surface area contributed by atoms with E-state index in [0.29, 0.717) is 12.0 Å². The number of aliphatic hydroxyl groups excluding tert-OH is 1. The number of rotatable bonds is 1. The van der Waals surface area contributed by atoms with Gasteiger partial charge in [0.05, 0.1) is 6.61 Å². The highest BCUT2D eigenvalue weighted by molar-refractivity contribution is 6.01. The molecule has 1 aromatic rings. The van der Waals surface area contributed by atoms with E-state index in [0.717, 1.165) is 11.1 Å². The maximum atomic E-state index is 11.4. The van der Waals surface area contributed by atoms with Gasteiger partial charge in [-0.1, -0.05) is 12.1 Å². The van der Waals surface area contributed by atoms with Crippen molar-refractivity contribution in [3.63, 3.8) is 0 Å². The summed E-state index contributed by atoms with van der Waals surface area (Å²) in [5, 5.41) is 8.88. The summed E-state index contributed by atoms with van der Waals surface area (Å²) in [6.07, 6.45) is 0.393. The standard InChI is InChI=1S/C10H11NO2/c11-9-4-10(13)8-3-6(5-12)1-2-7(8)9/h1-3,9,12H,4-5,11H2/t9-/m1/s1. The second-order valence-electron chi connectivity index (χ2n) is 3.31. The van der Waals surface area contributed by atoms with E-state index in [4.69, 9.17) is 10.8 Å². The van der Waals surface area contributed by atoms with E-state index < -0.39 is 0 Å². The molecule has 3 N–H and O–H groups in total. The minimum absolute atomic E-state index is 0.0319. The number of fused-ring (bicyclic) bond motifs is 1. The Kier molecular flexibility index (Phi) is 1.90. The van der Waals surface area contributed by atoms with Gasteiger partial charge in [0, 0.05) is 18.0 Å². The summed E-state index contributed by atoms with van der Waals surface area (Å²) in [5.74, 6) is 0.0813. The van der Waals surface area contributed by atoms with E-state index in [1.54, 1.807) is 12.1 Å². The fourth-order valence-corrected chi connectivity index (χ4v) is 1.69. The van der Waals surface area contributed by atoms with Crippen molar-refractivity contribution in [2.75, 3.05) is 0 Å². The number of Topliss-reactive ketones (excluding diaryl/α,β-unsaturated/α-hetero) is 1. The second kappa shape index (κ2) is 2.94. The van der Waals surface area contributed by atoms with E-state index >= 15 is 0 Å². The Labute approximate surface area is 76.2 Å². The third-order valence-electron chi connectivity index (χ3n) is 2.41. The molecule has 1 aliphatic carbocycles. The molecule has 0 saturated carbocycles. The van der Waals surface area contributed by atoms with Gasteiger partial charge in [-0.25, -0.2) is 0 Å². The molecule has 68 valence electrons. The lowest BCUT2D eigenvalue weighted by atomic mass is 10.1. The smallest absolute Gasteiger partial charge is 0.165 e. The third-order valence-corrected chi connectivity index (χ3v) is 2.41. The van der Waals surface area contributed by atoms with E-state index in [1.165, 1.54) is 0 Å². The van der Waals surface area contributed by atoms with Crippen LogP contribution in [0.4, 0.5) is 0 Å². The Hall–Kier alpha value is -1.19. The molecular weight excluding hydrogens is 166 g/mol. The topological polar surface area (TPSA) is 63.3 Å². The van der Waals surface area contributed by atoms with Crippen LogP contribution in [0.2, 0.25) is 0 Å². The van der Waals surface area contributed by atoms with Gasteiger partial charge in [-0.3, -0.25) is 4.79 Å². The number of benzene rings is 1. The molecule has 2 rings (SSSR count). The quantitative estimate of drug-likeness (QED) is 0.665. The maximum absolute atomic E-state index is 11.4. The van der Waals surface area contributed by atoms with Gasteiger partial charge >= 0.3 is 0 Å². The zero-order valence-corrected chi connectivity index (χ0v) is 7.16. The van der Waals surface area contributed by atoms with Crippen LogP contribution in [-0.2, 0) is 6.61 Å². The molecule has 3 nitrogen and oxygen atoms in total. The van der Waals surface area contributed by atoms with Gasteiger partial charge in [0.2, 0.25) is 0 Å². The summed E-state index contributed by atoms with van der Waals surface area (Å²) >= 11 is 0. The summed E-state index contributed by atoms with van der Waals surface area (Å²) in [6, 6.07) is 5.20. The van der Waals surface area contributed by atoms with Gasteiger partial charge in [-0.15, -0.1) is 0 Å².